The normalized spacial score (nSPS) is 16.0. The Morgan fingerprint density at radius 2 is 1.74 bits per heavy atom. The van der Waals surface area contributed by atoms with Gasteiger partial charge >= 0.3 is 6.03 Å². The van der Waals surface area contributed by atoms with Crippen molar-refractivity contribution in [3.05, 3.63) is 12.2 Å². The molecule has 0 saturated carbocycles. The summed E-state index contributed by atoms with van der Waals surface area (Å²) in [7, 11) is -3.41. The number of nitrogens with one attached hydrogen (secondary N) is 1. The molecule has 0 unspecified atom stereocenters. The zero-order valence-electron chi connectivity index (χ0n) is 13.5. The molecule has 0 aromatic heterocycles. The van der Waals surface area contributed by atoms with Crippen LogP contribution >= 0.6 is 0 Å². The first-order valence-corrected chi connectivity index (χ1v) is 8.78. The Balaban J connectivity index is 0. The van der Waals surface area contributed by atoms with Gasteiger partial charge in [0.25, 0.3) is 0 Å². The smallest absolute Gasteiger partial charge is 0.317 e. The van der Waals surface area contributed by atoms with Crippen molar-refractivity contribution in [2.75, 3.05) is 37.7 Å². The molecule has 1 aliphatic rings. The average Bonchev–Trinajstić information content (AvgIpc) is 2.36. The summed E-state index contributed by atoms with van der Waals surface area (Å²) in [4.78, 5) is 25.0. The molecule has 10 heteroatoms. The molecule has 1 aliphatic heterocycles. The molecule has 1 fully saturated rings. The summed E-state index contributed by atoms with van der Waals surface area (Å²) >= 11 is 0. The standard InChI is InChI=1S/C13H23N3O4S.W.Y/c1-10(2)8-21(19,20)9-12(11(3)17)15-13(18)16-6-4-14-5-7-16;;/h10,12H,3-9H2,1-2H3,(H,15,18);;/q-2;;/t12-;;/m0../s1. The van der Waals surface area contributed by atoms with Crippen molar-refractivity contribution >= 4 is 21.7 Å². The number of hydrogen-bond donors (Lipinski definition) is 1. The first-order chi connectivity index (χ1) is 9.71. The third-order valence-electron chi connectivity index (χ3n) is 3.04. The number of amides is 2. The topological polar surface area (TPSA) is 97.7 Å². The van der Waals surface area contributed by atoms with Gasteiger partial charge in [0, 0.05) is 72.6 Å². The van der Waals surface area contributed by atoms with Crippen molar-refractivity contribution in [3.8, 4) is 0 Å². The van der Waals surface area contributed by atoms with E-state index in [1.54, 1.807) is 13.8 Å². The van der Waals surface area contributed by atoms with Gasteiger partial charge in [-0.25, -0.2) is 13.2 Å². The first kappa shape index (κ1) is 25.7. The molecule has 1 rings (SSSR count). The number of urea groups is 1. The summed E-state index contributed by atoms with van der Waals surface area (Å²) in [5.74, 6) is -1.06. The number of Topliss-reactive ketones (excluding diaryl/α,β-unsaturated/α-hetero) is 1. The van der Waals surface area contributed by atoms with Gasteiger partial charge in [0.05, 0.1) is 17.5 Å². The van der Waals surface area contributed by atoms with Crippen LogP contribution in [0.4, 0.5) is 4.79 Å². The van der Waals surface area contributed by atoms with E-state index >= 15 is 0 Å². The number of ketones is 1. The Morgan fingerprint density at radius 1 is 1.22 bits per heavy atom. The fraction of sp³-hybridized carbons (Fsp3) is 0.769. The second-order valence-electron chi connectivity index (χ2n) is 5.60. The van der Waals surface area contributed by atoms with Crippen LogP contribution in [0.1, 0.15) is 13.8 Å². The molecule has 0 spiro atoms. The number of carbonyl (C=O) groups excluding carboxylic acids is 2. The average molecular weight is 590 g/mol. The van der Waals surface area contributed by atoms with Crippen LogP contribution in [0, 0.1) is 12.8 Å². The van der Waals surface area contributed by atoms with Gasteiger partial charge < -0.3 is 27.3 Å². The molecular weight excluding hydrogens is 567 g/mol. The van der Waals surface area contributed by atoms with Crippen molar-refractivity contribution < 1.29 is 71.8 Å². The maximum Gasteiger partial charge on any atom is 0.317 e. The van der Waals surface area contributed by atoms with Crippen molar-refractivity contribution in [1.82, 2.24) is 10.2 Å². The van der Waals surface area contributed by atoms with Crippen molar-refractivity contribution in [2.24, 2.45) is 5.92 Å². The molecule has 0 aliphatic carbocycles. The van der Waals surface area contributed by atoms with E-state index in [-0.39, 0.29) is 65.4 Å². The molecule has 1 atom stereocenters. The van der Waals surface area contributed by atoms with E-state index in [2.05, 4.69) is 17.6 Å². The number of piperazine rings is 1. The van der Waals surface area contributed by atoms with E-state index in [4.69, 9.17) is 0 Å². The van der Waals surface area contributed by atoms with Crippen LogP contribution in [-0.4, -0.2) is 68.9 Å². The molecule has 7 nitrogen and oxygen atoms in total. The monoisotopic (exact) mass is 590 g/mol. The minimum atomic E-state index is -3.41. The van der Waals surface area contributed by atoms with Crippen LogP contribution in [0.5, 0.6) is 0 Å². The molecule has 0 aromatic rings. The minimum Gasteiger partial charge on any atom is -0.659 e. The summed E-state index contributed by atoms with van der Waals surface area (Å²) in [5, 5.41) is 6.59. The van der Waals surface area contributed by atoms with Gasteiger partial charge in [0.15, 0.2) is 9.84 Å². The Kier molecular flexibility index (Phi) is 13.4. The van der Waals surface area contributed by atoms with E-state index in [1.807, 2.05) is 0 Å². The molecule has 0 bridgehead atoms. The van der Waals surface area contributed by atoms with Crippen LogP contribution in [0.2, 0.25) is 0 Å². The van der Waals surface area contributed by atoms with E-state index < -0.39 is 33.4 Å². The number of nitrogens with zero attached hydrogens (tertiary/aromatic N) is 2. The Morgan fingerprint density at radius 3 is 2.17 bits per heavy atom. The SMILES string of the molecule is [CH2-]C(=O)[C@H](CS(=O)(=O)CC(C)C)NC(=O)N1CC[N-]CC1.[W].[Y]. The van der Waals surface area contributed by atoms with Gasteiger partial charge in [0.1, 0.15) is 0 Å². The van der Waals surface area contributed by atoms with Crippen LogP contribution in [0.3, 0.4) is 0 Å². The van der Waals surface area contributed by atoms with Gasteiger partial charge in [-0.2, -0.15) is 0 Å². The van der Waals surface area contributed by atoms with E-state index in [1.165, 1.54) is 4.90 Å². The van der Waals surface area contributed by atoms with Gasteiger partial charge in [0.2, 0.25) is 0 Å². The second-order valence-corrected chi connectivity index (χ2v) is 7.75. The molecule has 23 heavy (non-hydrogen) atoms. The molecule has 1 N–H and O–H groups in total. The summed E-state index contributed by atoms with van der Waals surface area (Å²) < 4.78 is 23.9. The van der Waals surface area contributed by atoms with E-state index in [0.29, 0.717) is 26.2 Å². The Bertz CT molecular complexity index is 482. The molecule has 2 amide bonds. The predicted octanol–water partition coefficient (Wildman–Crippen LogP) is 0.223. The zero-order valence-corrected chi connectivity index (χ0v) is 20.1. The maximum atomic E-state index is 12.0. The van der Waals surface area contributed by atoms with Crippen molar-refractivity contribution in [3.63, 3.8) is 0 Å². The maximum absolute atomic E-state index is 12.0. The third-order valence-corrected chi connectivity index (χ3v) is 5.05. The minimum absolute atomic E-state index is 0. The van der Waals surface area contributed by atoms with Crippen LogP contribution in [-0.2, 0) is 68.4 Å². The van der Waals surface area contributed by atoms with Crippen LogP contribution in [0.15, 0.2) is 0 Å². The molecular formula is C13H23N3O4SWY-2. The Hall–Kier alpha value is 0.512. The molecule has 1 heterocycles. The van der Waals surface area contributed by atoms with Crippen molar-refractivity contribution in [2.45, 2.75) is 19.9 Å². The zero-order chi connectivity index (χ0) is 16.0. The van der Waals surface area contributed by atoms with Crippen molar-refractivity contribution in [1.29, 1.82) is 0 Å². The second kappa shape index (κ2) is 12.0. The van der Waals surface area contributed by atoms with Gasteiger partial charge in [-0.3, -0.25) is 0 Å². The quantitative estimate of drug-likeness (QED) is 0.449. The van der Waals surface area contributed by atoms with E-state index in [0.717, 1.165) is 0 Å². The fourth-order valence-corrected chi connectivity index (χ4v) is 4.02. The molecule has 1 saturated heterocycles. The summed E-state index contributed by atoms with van der Waals surface area (Å²) in [6.07, 6.45) is 0. The fourth-order valence-electron chi connectivity index (χ4n) is 2.09. The number of rotatable bonds is 6. The predicted molar refractivity (Wildman–Crippen MR) is 80.8 cm³/mol. The van der Waals surface area contributed by atoms with E-state index in [9.17, 15) is 18.0 Å². The number of hydrogen-bond acceptors (Lipinski definition) is 4. The largest absolute Gasteiger partial charge is 0.659 e. The van der Waals surface area contributed by atoms with Crippen LogP contribution in [0.25, 0.3) is 5.32 Å². The summed E-state index contributed by atoms with van der Waals surface area (Å²) in [6, 6.07) is -1.54. The molecule has 131 valence electrons. The summed E-state index contributed by atoms with van der Waals surface area (Å²) in [6.45, 7) is 8.88. The van der Waals surface area contributed by atoms with Gasteiger partial charge in [-0.15, -0.1) is 13.1 Å². The summed E-state index contributed by atoms with van der Waals surface area (Å²) in [5.41, 5.74) is 0. The third kappa shape index (κ3) is 10.2. The van der Waals surface area contributed by atoms with Crippen LogP contribution < -0.4 is 5.32 Å². The first-order valence-electron chi connectivity index (χ1n) is 6.96. The Labute approximate surface area is 178 Å². The number of sulfone groups is 1. The molecule has 1 radical (unpaired) electrons. The number of carbonyl (C=O) groups is 2. The molecule has 0 aromatic carbocycles. The van der Waals surface area contributed by atoms with Gasteiger partial charge in [-0.1, -0.05) is 13.8 Å². The van der Waals surface area contributed by atoms with Gasteiger partial charge in [-0.05, 0) is 5.92 Å².